The largest absolute Gasteiger partial charge is 0.326 e. The highest BCUT2D eigenvalue weighted by Crippen LogP contribution is 2.20. The molecule has 0 aliphatic carbocycles. The van der Waals surface area contributed by atoms with Crippen LogP contribution in [0.25, 0.3) is 0 Å². The quantitative estimate of drug-likeness (QED) is 0.708. The van der Waals surface area contributed by atoms with E-state index in [0.717, 1.165) is 17.8 Å². The van der Waals surface area contributed by atoms with Gasteiger partial charge in [-0.1, -0.05) is 0 Å². The topological polar surface area (TPSA) is 75.4 Å². The Morgan fingerprint density at radius 1 is 1.42 bits per heavy atom. The highest BCUT2D eigenvalue weighted by atomic mass is 32.2. The lowest BCUT2D eigenvalue weighted by Crippen LogP contribution is -2.31. The van der Waals surface area contributed by atoms with Gasteiger partial charge in [0.25, 0.3) is 0 Å². The first-order valence-electron chi connectivity index (χ1n) is 6.35. The van der Waals surface area contributed by atoms with Crippen LogP contribution in [0.3, 0.4) is 0 Å². The van der Waals surface area contributed by atoms with Crippen LogP contribution in [-0.4, -0.2) is 39.5 Å². The molecule has 1 aromatic rings. The maximum atomic E-state index is 12.0. The first kappa shape index (κ1) is 16.6. The lowest BCUT2D eigenvalue weighted by molar-refractivity contribution is 0.271. The molecule has 0 atom stereocenters. The van der Waals surface area contributed by atoms with Crippen molar-refractivity contribution >= 4 is 21.4 Å². The molecule has 1 heterocycles. The lowest BCUT2D eigenvalue weighted by atomic mass is 10.3. The van der Waals surface area contributed by atoms with Gasteiger partial charge in [-0.2, -0.15) is 0 Å². The summed E-state index contributed by atoms with van der Waals surface area (Å²) in [5, 5.41) is 0. The van der Waals surface area contributed by atoms with Crippen LogP contribution in [0.15, 0.2) is 16.3 Å². The van der Waals surface area contributed by atoms with Gasteiger partial charge in [-0.3, -0.25) is 0 Å². The Morgan fingerprint density at radius 3 is 2.63 bits per heavy atom. The van der Waals surface area contributed by atoms with E-state index in [1.165, 1.54) is 11.3 Å². The van der Waals surface area contributed by atoms with E-state index in [-0.39, 0.29) is 0 Å². The number of rotatable bonds is 8. The predicted octanol–water partition coefficient (Wildman–Crippen LogP) is 1.22. The second kappa shape index (κ2) is 7.35. The molecule has 3 N–H and O–H groups in total. The SMILES string of the molecule is CC(C)N(C)CCCNS(=O)(=O)c1ccc(CN)s1. The molecule has 5 nitrogen and oxygen atoms in total. The molecule has 110 valence electrons. The number of sulfonamides is 1. The van der Waals surface area contributed by atoms with Crippen molar-refractivity contribution in [2.45, 2.75) is 37.1 Å². The molecule has 0 aliphatic heterocycles. The van der Waals surface area contributed by atoms with Crippen molar-refractivity contribution in [2.75, 3.05) is 20.1 Å². The summed E-state index contributed by atoms with van der Waals surface area (Å²) in [4.78, 5) is 3.06. The fourth-order valence-corrected chi connectivity index (χ4v) is 3.83. The molecule has 0 amide bonds. The summed E-state index contributed by atoms with van der Waals surface area (Å²) in [6.07, 6.45) is 0.795. The van der Waals surface area contributed by atoms with Gasteiger partial charge in [-0.25, -0.2) is 13.1 Å². The first-order valence-corrected chi connectivity index (χ1v) is 8.65. The van der Waals surface area contributed by atoms with Crippen LogP contribution in [-0.2, 0) is 16.6 Å². The molecule has 0 saturated heterocycles. The Hall–Kier alpha value is -0.470. The van der Waals surface area contributed by atoms with Gasteiger partial charge in [0.15, 0.2) is 0 Å². The molecule has 0 fully saturated rings. The Kier molecular flexibility index (Phi) is 6.41. The van der Waals surface area contributed by atoms with E-state index < -0.39 is 10.0 Å². The average Bonchev–Trinajstić information content (AvgIpc) is 2.83. The number of nitrogens with two attached hydrogens (primary N) is 1. The molecular formula is C12H23N3O2S2. The van der Waals surface area contributed by atoms with E-state index in [1.54, 1.807) is 12.1 Å². The number of thiophene rings is 1. The third-order valence-electron chi connectivity index (χ3n) is 2.96. The van der Waals surface area contributed by atoms with Gasteiger partial charge < -0.3 is 10.6 Å². The predicted molar refractivity (Wildman–Crippen MR) is 79.8 cm³/mol. The summed E-state index contributed by atoms with van der Waals surface area (Å²) in [5.41, 5.74) is 5.48. The summed E-state index contributed by atoms with van der Waals surface area (Å²) in [5.74, 6) is 0. The van der Waals surface area contributed by atoms with E-state index in [4.69, 9.17) is 5.73 Å². The molecule has 19 heavy (non-hydrogen) atoms. The maximum absolute atomic E-state index is 12.0. The first-order chi connectivity index (χ1) is 8.86. The van der Waals surface area contributed by atoms with Crippen molar-refractivity contribution in [3.63, 3.8) is 0 Å². The van der Waals surface area contributed by atoms with Gasteiger partial charge in [-0.05, 0) is 46.0 Å². The molecule has 1 rings (SSSR count). The molecule has 0 aliphatic rings. The minimum atomic E-state index is -3.37. The zero-order chi connectivity index (χ0) is 14.5. The minimum Gasteiger partial charge on any atom is -0.326 e. The van der Waals surface area contributed by atoms with Crippen molar-refractivity contribution in [2.24, 2.45) is 5.73 Å². The molecule has 0 aromatic carbocycles. The number of hydrogen-bond acceptors (Lipinski definition) is 5. The smallest absolute Gasteiger partial charge is 0.250 e. The summed E-state index contributed by atoms with van der Waals surface area (Å²) >= 11 is 1.22. The van der Waals surface area contributed by atoms with E-state index >= 15 is 0 Å². The Labute approximate surface area is 119 Å². The normalized spacial score (nSPS) is 12.5. The second-order valence-electron chi connectivity index (χ2n) is 4.75. The fourth-order valence-electron chi connectivity index (χ4n) is 1.48. The van der Waals surface area contributed by atoms with Gasteiger partial charge >= 0.3 is 0 Å². The van der Waals surface area contributed by atoms with Crippen LogP contribution in [0.5, 0.6) is 0 Å². The third-order valence-corrected chi connectivity index (χ3v) is 6.02. The second-order valence-corrected chi connectivity index (χ2v) is 7.91. The summed E-state index contributed by atoms with van der Waals surface area (Å²) in [6.45, 7) is 5.93. The van der Waals surface area contributed by atoms with Crippen molar-refractivity contribution in [1.29, 1.82) is 0 Å². The Morgan fingerprint density at radius 2 is 2.11 bits per heavy atom. The van der Waals surface area contributed by atoms with Gasteiger partial charge in [0.1, 0.15) is 4.21 Å². The van der Waals surface area contributed by atoms with E-state index in [0.29, 0.717) is 23.3 Å². The van der Waals surface area contributed by atoms with Crippen LogP contribution < -0.4 is 10.5 Å². The standard InChI is InChI=1S/C12H23N3O2S2/c1-10(2)15(3)8-4-7-14-19(16,17)12-6-5-11(9-13)18-12/h5-6,10,14H,4,7-9,13H2,1-3H3. The number of hydrogen-bond donors (Lipinski definition) is 2. The zero-order valence-corrected chi connectivity index (χ0v) is 13.4. The monoisotopic (exact) mass is 305 g/mol. The van der Waals surface area contributed by atoms with E-state index in [2.05, 4.69) is 23.5 Å². The van der Waals surface area contributed by atoms with E-state index in [9.17, 15) is 8.42 Å². The van der Waals surface area contributed by atoms with Gasteiger partial charge in [0.05, 0.1) is 0 Å². The highest BCUT2D eigenvalue weighted by molar-refractivity contribution is 7.91. The summed E-state index contributed by atoms with van der Waals surface area (Å²) in [6, 6.07) is 3.84. The highest BCUT2D eigenvalue weighted by Gasteiger charge is 2.15. The van der Waals surface area contributed by atoms with Crippen molar-refractivity contribution in [1.82, 2.24) is 9.62 Å². The molecule has 0 saturated carbocycles. The van der Waals surface area contributed by atoms with Gasteiger partial charge in [0, 0.05) is 24.0 Å². The number of nitrogens with one attached hydrogen (secondary N) is 1. The molecule has 0 radical (unpaired) electrons. The van der Waals surface area contributed by atoms with Crippen molar-refractivity contribution in [3.8, 4) is 0 Å². The Bertz CT molecular complexity index is 483. The van der Waals surface area contributed by atoms with Gasteiger partial charge in [0.2, 0.25) is 10.0 Å². The maximum Gasteiger partial charge on any atom is 0.250 e. The van der Waals surface area contributed by atoms with Crippen LogP contribution in [0.2, 0.25) is 0 Å². The van der Waals surface area contributed by atoms with Gasteiger partial charge in [-0.15, -0.1) is 11.3 Å². The molecule has 1 aromatic heterocycles. The zero-order valence-electron chi connectivity index (χ0n) is 11.7. The summed E-state index contributed by atoms with van der Waals surface area (Å²) < 4.78 is 26.9. The minimum absolute atomic E-state index is 0.338. The van der Waals surface area contributed by atoms with Crippen LogP contribution in [0.4, 0.5) is 0 Å². The van der Waals surface area contributed by atoms with Crippen LogP contribution in [0.1, 0.15) is 25.1 Å². The average molecular weight is 305 g/mol. The molecule has 0 bridgehead atoms. The lowest BCUT2D eigenvalue weighted by Gasteiger charge is -2.20. The molecule has 0 spiro atoms. The number of nitrogens with zero attached hydrogens (tertiary/aromatic N) is 1. The third kappa shape index (κ3) is 5.19. The molecule has 0 unspecified atom stereocenters. The van der Waals surface area contributed by atoms with E-state index in [1.807, 2.05) is 7.05 Å². The van der Waals surface area contributed by atoms with Crippen molar-refractivity contribution < 1.29 is 8.42 Å². The summed E-state index contributed by atoms with van der Waals surface area (Å²) in [7, 11) is -1.34. The Balaban J connectivity index is 2.43. The molecule has 7 heteroatoms. The van der Waals surface area contributed by atoms with Crippen LogP contribution >= 0.6 is 11.3 Å². The fraction of sp³-hybridized carbons (Fsp3) is 0.667. The molecular weight excluding hydrogens is 282 g/mol. The van der Waals surface area contributed by atoms with Crippen molar-refractivity contribution in [3.05, 3.63) is 17.0 Å². The van der Waals surface area contributed by atoms with Crippen LogP contribution in [0, 0.1) is 0 Å².